The fourth-order valence-electron chi connectivity index (χ4n) is 7.05. The van der Waals surface area contributed by atoms with Crippen molar-refractivity contribution in [1.29, 1.82) is 0 Å². The summed E-state index contributed by atoms with van der Waals surface area (Å²) in [5.41, 5.74) is 3.03. The summed E-state index contributed by atoms with van der Waals surface area (Å²) in [6.07, 6.45) is 5.50. The van der Waals surface area contributed by atoms with E-state index < -0.39 is 30.3 Å². The van der Waals surface area contributed by atoms with Crippen molar-refractivity contribution in [3.63, 3.8) is 0 Å². The van der Waals surface area contributed by atoms with Crippen LogP contribution in [0.25, 0.3) is 22.3 Å². The van der Waals surface area contributed by atoms with E-state index in [0.29, 0.717) is 42.0 Å². The van der Waals surface area contributed by atoms with Crippen molar-refractivity contribution < 1.29 is 33.6 Å². The third-order valence-corrected chi connectivity index (χ3v) is 9.48. The minimum atomic E-state index is -0.915. The first-order chi connectivity index (χ1) is 23.1. The van der Waals surface area contributed by atoms with E-state index in [2.05, 4.69) is 15.6 Å². The molecule has 1 aliphatic carbocycles. The SMILES string of the molecule is COc1ccc(CNc2ncnc3c2c(-c2ccn(C)n2)cn3[C@@H]2O[C@H](C(=O)NCC3CCC(O)CC3)[C@H]3OC(C)(C)O[C@H]32)c(OC)c1. The van der Waals surface area contributed by atoms with Gasteiger partial charge in [-0.15, -0.1) is 0 Å². The molecule has 14 heteroatoms. The highest BCUT2D eigenvalue weighted by molar-refractivity contribution is 6.00. The standard InChI is InChI=1S/C34H43N7O7/c1-34(2)47-27-28(32(43)36-15-19-6-9-21(42)10-7-19)46-33(29(27)48-34)41-17-23(24-12-13-40(3)39-24)26-30(37-18-38-31(26)41)35-16-20-8-11-22(44-4)14-25(20)45-5/h8,11-14,17-19,21,27-29,33,42H,6-7,9-10,15-16H2,1-5H3,(H,36,43)(H,35,37,38)/t19?,21?,27-,28+,29-,33-/m1/s1. The number of nitrogens with zero attached hydrogens (tertiary/aromatic N) is 5. The van der Waals surface area contributed by atoms with Crippen molar-refractivity contribution in [1.82, 2.24) is 29.6 Å². The van der Waals surface area contributed by atoms with Gasteiger partial charge in [0.1, 0.15) is 41.5 Å². The van der Waals surface area contributed by atoms with Gasteiger partial charge in [0.15, 0.2) is 18.1 Å². The number of carbonyl (C=O) groups excluding carboxylic acids is 1. The lowest BCUT2D eigenvalue weighted by Crippen LogP contribution is -2.44. The number of ether oxygens (including phenoxy) is 5. The summed E-state index contributed by atoms with van der Waals surface area (Å²) in [6.45, 7) is 4.63. The molecule has 5 heterocycles. The third kappa shape index (κ3) is 6.20. The van der Waals surface area contributed by atoms with E-state index in [9.17, 15) is 9.90 Å². The molecule has 3 N–H and O–H groups in total. The Morgan fingerprint density at radius 1 is 1.08 bits per heavy atom. The number of methoxy groups -OCH3 is 2. The fourth-order valence-corrected chi connectivity index (χ4v) is 7.05. The monoisotopic (exact) mass is 661 g/mol. The van der Waals surface area contributed by atoms with Gasteiger partial charge in [0, 0.05) is 49.7 Å². The van der Waals surface area contributed by atoms with Crippen molar-refractivity contribution in [3.8, 4) is 22.8 Å². The summed E-state index contributed by atoms with van der Waals surface area (Å²) in [7, 11) is 5.11. The second-order valence-corrected chi connectivity index (χ2v) is 13.2. The predicted molar refractivity (Wildman–Crippen MR) is 175 cm³/mol. The Morgan fingerprint density at radius 3 is 2.60 bits per heavy atom. The molecule has 14 nitrogen and oxygen atoms in total. The number of nitrogens with one attached hydrogen (secondary N) is 2. The molecule has 0 radical (unpaired) electrons. The highest BCUT2D eigenvalue weighted by atomic mass is 16.8. The number of hydrogen-bond acceptors (Lipinski definition) is 11. The van der Waals surface area contributed by atoms with Crippen LogP contribution in [0.4, 0.5) is 5.82 Å². The zero-order chi connectivity index (χ0) is 33.6. The maximum atomic E-state index is 13.6. The molecule has 4 atom stereocenters. The molecule has 0 bridgehead atoms. The first-order valence-corrected chi connectivity index (χ1v) is 16.4. The first-order valence-electron chi connectivity index (χ1n) is 16.4. The van der Waals surface area contributed by atoms with Crippen LogP contribution < -0.4 is 20.1 Å². The number of amides is 1. The smallest absolute Gasteiger partial charge is 0.252 e. The van der Waals surface area contributed by atoms with E-state index in [1.54, 1.807) is 18.9 Å². The molecule has 7 rings (SSSR count). The van der Waals surface area contributed by atoms with Gasteiger partial charge in [0.05, 0.1) is 31.4 Å². The van der Waals surface area contributed by atoms with Crippen LogP contribution in [0.5, 0.6) is 11.5 Å². The van der Waals surface area contributed by atoms with Crippen LogP contribution in [0.1, 0.15) is 51.3 Å². The van der Waals surface area contributed by atoms with Crippen LogP contribution >= 0.6 is 0 Å². The summed E-state index contributed by atoms with van der Waals surface area (Å²) < 4.78 is 33.8. The Kier molecular flexibility index (Phi) is 8.75. The van der Waals surface area contributed by atoms with Gasteiger partial charge in [-0.2, -0.15) is 5.10 Å². The van der Waals surface area contributed by atoms with E-state index in [0.717, 1.165) is 47.9 Å². The van der Waals surface area contributed by atoms with Crippen LogP contribution in [-0.2, 0) is 32.6 Å². The highest BCUT2D eigenvalue weighted by Gasteiger charge is 2.58. The largest absolute Gasteiger partial charge is 0.497 e. The van der Waals surface area contributed by atoms with E-state index in [-0.39, 0.29) is 12.0 Å². The number of benzene rings is 1. The normalized spacial score (nSPS) is 26.4. The summed E-state index contributed by atoms with van der Waals surface area (Å²) in [5, 5.41) is 21.9. The van der Waals surface area contributed by atoms with E-state index >= 15 is 0 Å². The zero-order valence-corrected chi connectivity index (χ0v) is 27.9. The fraction of sp³-hybridized carbons (Fsp3) is 0.529. The van der Waals surface area contributed by atoms with E-state index in [4.69, 9.17) is 33.8 Å². The van der Waals surface area contributed by atoms with Crippen molar-refractivity contribution in [2.24, 2.45) is 13.0 Å². The average Bonchev–Trinajstić information content (AvgIpc) is 3.84. The second-order valence-electron chi connectivity index (χ2n) is 13.2. The second kappa shape index (κ2) is 13.0. The van der Waals surface area contributed by atoms with Crippen molar-refractivity contribution in [2.75, 3.05) is 26.1 Å². The van der Waals surface area contributed by atoms with Gasteiger partial charge >= 0.3 is 0 Å². The molecule has 256 valence electrons. The number of aliphatic hydroxyl groups is 1. The number of aromatic nitrogens is 5. The third-order valence-electron chi connectivity index (χ3n) is 9.48. The molecule has 3 aliphatic rings. The Balaban J connectivity index is 1.22. The Labute approximate surface area is 278 Å². The molecular formula is C34H43N7O7. The summed E-state index contributed by atoms with van der Waals surface area (Å²) in [5.74, 6) is 1.14. The number of carbonyl (C=O) groups is 1. The Bertz CT molecular complexity index is 1780. The van der Waals surface area contributed by atoms with Gasteiger partial charge in [-0.1, -0.05) is 0 Å². The Hall–Kier alpha value is -4.24. The van der Waals surface area contributed by atoms with Crippen molar-refractivity contribution >= 4 is 22.8 Å². The number of fused-ring (bicyclic) bond motifs is 2. The van der Waals surface area contributed by atoms with Gasteiger partial charge in [-0.05, 0) is 63.6 Å². The lowest BCUT2D eigenvalue weighted by molar-refractivity contribution is -0.197. The van der Waals surface area contributed by atoms with Crippen LogP contribution in [0.15, 0.2) is 43.0 Å². The van der Waals surface area contributed by atoms with Crippen LogP contribution in [0.2, 0.25) is 0 Å². The zero-order valence-electron chi connectivity index (χ0n) is 27.9. The lowest BCUT2D eigenvalue weighted by atomic mass is 9.87. The molecular weight excluding hydrogens is 618 g/mol. The Morgan fingerprint density at radius 2 is 1.88 bits per heavy atom. The number of aryl methyl sites for hydroxylation is 1. The van der Waals surface area contributed by atoms with Gasteiger partial charge in [0.25, 0.3) is 5.91 Å². The molecule has 0 spiro atoms. The van der Waals surface area contributed by atoms with Gasteiger partial charge in [-0.25, -0.2) is 9.97 Å². The van der Waals surface area contributed by atoms with Gasteiger partial charge in [-0.3, -0.25) is 9.48 Å². The number of hydrogen-bond donors (Lipinski definition) is 3. The highest BCUT2D eigenvalue weighted by Crippen LogP contribution is 2.46. The van der Waals surface area contributed by atoms with Crippen molar-refractivity contribution in [3.05, 3.63) is 48.5 Å². The van der Waals surface area contributed by atoms with E-state index in [1.807, 2.05) is 62.1 Å². The average molecular weight is 662 g/mol. The quantitative estimate of drug-likeness (QED) is 0.229. The molecule has 1 amide bonds. The lowest BCUT2D eigenvalue weighted by Gasteiger charge is -2.27. The molecule has 3 fully saturated rings. The van der Waals surface area contributed by atoms with Gasteiger partial charge < -0.3 is 44.0 Å². The number of rotatable bonds is 10. The molecule has 2 aliphatic heterocycles. The first kappa shape index (κ1) is 32.3. The number of anilines is 1. The topological polar surface area (TPSA) is 156 Å². The molecule has 48 heavy (non-hydrogen) atoms. The summed E-state index contributed by atoms with van der Waals surface area (Å²) in [6, 6.07) is 7.60. The van der Waals surface area contributed by atoms with Crippen LogP contribution in [0.3, 0.4) is 0 Å². The molecule has 3 aromatic heterocycles. The molecule has 2 saturated heterocycles. The maximum absolute atomic E-state index is 13.6. The minimum Gasteiger partial charge on any atom is -0.497 e. The number of aliphatic hydroxyl groups excluding tert-OH is 1. The van der Waals surface area contributed by atoms with Crippen LogP contribution in [-0.4, -0.2) is 86.3 Å². The predicted octanol–water partition coefficient (Wildman–Crippen LogP) is 3.55. The maximum Gasteiger partial charge on any atom is 0.252 e. The minimum absolute atomic E-state index is 0.244. The molecule has 1 aromatic carbocycles. The van der Waals surface area contributed by atoms with Crippen molar-refractivity contribution in [2.45, 2.75) is 82.5 Å². The molecule has 1 saturated carbocycles. The van der Waals surface area contributed by atoms with E-state index in [1.165, 1.54) is 6.33 Å². The summed E-state index contributed by atoms with van der Waals surface area (Å²) in [4.78, 5) is 23.0. The molecule has 4 aromatic rings. The van der Waals surface area contributed by atoms with Gasteiger partial charge in [0.2, 0.25) is 0 Å². The van der Waals surface area contributed by atoms with Crippen LogP contribution in [0, 0.1) is 5.92 Å². The molecule has 0 unspecified atom stereocenters. The summed E-state index contributed by atoms with van der Waals surface area (Å²) >= 11 is 0.